The van der Waals surface area contributed by atoms with Gasteiger partial charge in [-0.1, -0.05) is 58.6 Å². The van der Waals surface area contributed by atoms with Crippen molar-refractivity contribution in [1.29, 1.82) is 0 Å². The Morgan fingerprint density at radius 2 is 1.36 bits per heavy atom. The number of aryl methyl sites for hydroxylation is 2. The summed E-state index contributed by atoms with van der Waals surface area (Å²) in [5.74, 6) is 0.185. The summed E-state index contributed by atoms with van der Waals surface area (Å²) in [6.45, 7) is 6.69. The van der Waals surface area contributed by atoms with E-state index >= 15 is 0 Å². The Morgan fingerprint density at radius 3 is 1.89 bits per heavy atom. The predicted molar refractivity (Wildman–Crippen MR) is 114 cm³/mol. The van der Waals surface area contributed by atoms with Crippen LogP contribution in [0.1, 0.15) is 106 Å². The van der Waals surface area contributed by atoms with Crippen LogP contribution < -0.4 is 0 Å². The SMILES string of the molecule is CCCCc1ccc(CCCC)c2c1[C@@H](CCCC)C[C@@H]2N1C(=O)C=CC1=O. The Kier molecular flexibility index (Phi) is 7.09. The van der Waals surface area contributed by atoms with Crippen LogP contribution in [0.15, 0.2) is 24.3 Å². The van der Waals surface area contributed by atoms with Crippen LogP contribution in [0.3, 0.4) is 0 Å². The third kappa shape index (κ3) is 4.09. The average molecular weight is 382 g/mol. The highest BCUT2D eigenvalue weighted by Crippen LogP contribution is 2.50. The van der Waals surface area contributed by atoms with Gasteiger partial charge in [0.2, 0.25) is 0 Å². The maximum Gasteiger partial charge on any atom is 0.254 e. The Bertz CT molecular complexity index is 731. The first-order chi connectivity index (χ1) is 13.6. The molecule has 0 saturated carbocycles. The lowest BCUT2D eigenvalue weighted by Gasteiger charge is -2.25. The monoisotopic (exact) mass is 381 g/mol. The molecule has 28 heavy (non-hydrogen) atoms. The van der Waals surface area contributed by atoms with Crippen molar-refractivity contribution in [3.63, 3.8) is 0 Å². The molecule has 3 heteroatoms. The van der Waals surface area contributed by atoms with Gasteiger partial charge >= 0.3 is 0 Å². The molecule has 1 aliphatic carbocycles. The molecule has 1 aromatic carbocycles. The van der Waals surface area contributed by atoms with Gasteiger partial charge in [-0.05, 0) is 66.7 Å². The minimum absolute atomic E-state index is 0.0831. The van der Waals surface area contributed by atoms with Crippen LogP contribution in [-0.4, -0.2) is 16.7 Å². The van der Waals surface area contributed by atoms with Gasteiger partial charge in [0, 0.05) is 12.2 Å². The van der Waals surface area contributed by atoms with Crippen molar-refractivity contribution in [3.05, 3.63) is 46.5 Å². The lowest BCUT2D eigenvalue weighted by molar-refractivity contribution is -0.139. The molecule has 0 unspecified atom stereocenters. The van der Waals surface area contributed by atoms with Crippen molar-refractivity contribution >= 4 is 11.8 Å². The molecule has 0 spiro atoms. The molecule has 0 bridgehead atoms. The number of carbonyl (C=O) groups excluding carboxylic acids is 2. The molecular formula is C25H35NO2. The molecule has 0 N–H and O–H groups in total. The zero-order valence-electron chi connectivity index (χ0n) is 17.8. The Hall–Kier alpha value is -1.90. The molecule has 0 aromatic heterocycles. The molecule has 2 aliphatic rings. The molecule has 1 aromatic rings. The third-order valence-electron chi connectivity index (χ3n) is 6.38. The van der Waals surface area contributed by atoms with E-state index < -0.39 is 0 Å². The molecule has 1 aliphatic heterocycles. The summed E-state index contributed by atoms with van der Waals surface area (Å²) in [5.41, 5.74) is 5.60. The molecule has 2 amide bonds. The summed E-state index contributed by atoms with van der Waals surface area (Å²) in [6.07, 6.45) is 14.1. The molecule has 0 fully saturated rings. The fraction of sp³-hybridized carbons (Fsp3) is 0.600. The van der Waals surface area contributed by atoms with E-state index in [0.717, 1.165) is 38.5 Å². The van der Waals surface area contributed by atoms with Crippen molar-refractivity contribution in [2.75, 3.05) is 0 Å². The molecular weight excluding hydrogens is 346 g/mol. The second kappa shape index (κ2) is 9.54. The minimum Gasteiger partial charge on any atom is -0.269 e. The summed E-state index contributed by atoms with van der Waals surface area (Å²) >= 11 is 0. The average Bonchev–Trinajstić information content (AvgIpc) is 3.23. The summed E-state index contributed by atoms with van der Waals surface area (Å²) in [5, 5.41) is 0. The van der Waals surface area contributed by atoms with E-state index in [1.165, 1.54) is 65.0 Å². The summed E-state index contributed by atoms with van der Waals surface area (Å²) in [7, 11) is 0. The number of fused-ring (bicyclic) bond motifs is 1. The standard InChI is InChI=1S/C25H35NO2/c1-4-7-10-18-13-14-19(11-8-5-2)25-21(26-22(27)15-16-23(26)28)17-20(24(18)25)12-9-6-3/h13-16,20-21H,4-12,17H2,1-3H3/t20-,21-/m0/s1. The van der Waals surface area contributed by atoms with Gasteiger partial charge in [-0.2, -0.15) is 0 Å². The molecule has 0 radical (unpaired) electrons. The summed E-state index contributed by atoms with van der Waals surface area (Å²) < 4.78 is 0. The van der Waals surface area contributed by atoms with E-state index in [9.17, 15) is 9.59 Å². The van der Waals surface area contributed by atoms with Gasteiger partial charge in [0.25, 0.3) is 11.8 Å². The quantitative estimate of drug-likeness (QED) is 0.465. The topological polar surface area (TPSA) is 37.4 Å². The second-order valence-corrected chi connectivity index (χ2v) is 8.39. The van der Waals surface area contributed by atoms with Crippen molar-refractivity contribution in [2.24, 2.45) is 0 Å². The van der Waals surface area contributed by atoms with Gasteiger partial charge in [0.15, 0.2) is 0 Å². The van der Waals surface area contributed by atoms with Gasteiger partial charge in [0.1, 0.15) is 0 Å². The highest BCUT2D eigenvalue weighted by Gasteiger charge is 2.42. The number of imide groups is 1. The highest BCUT2D eigenvalue weighted by molar-refractivity contribution is 6.13. The normalized spacial score (nSPS) is 21.0. The fourth-order valence-corrected chi connectivity index (χ4v) is 4.94. The second-order valence-electron chi connectivity index (χ2n) is 8.39. The van der Waals surface area contributed by atoms with Crippen LogP contribution in [0.25, 0.3) is 0 Å². The van der Waals surface area contributed by atoms with Crippen LogP contribution in [-0.2, 0) is 22.4 Å². The van der Waals surface area contributed by atoms with E-state index in [0.29, 0.717) is 5.92 Å². The maximum atomic E-state index is 12.5. The van der Waals surface area contributed by atoms with Gasteiger partial charge < -0.3 is 0 Å². The van der Waals surface area contributed by atoms with Gasteiger partial charge in [-0.3, -0.25) is 14.5 Å². The molecule has 3 nitrogen and oxygen atoms in total. The first-order valence-corrected chi connectivity index (χ1v) is 11.3. The third-order valence-corrected chi connectivity index (χ3v) is 6.38. The zero-order chi connectivity index (χ0) is 20.1. The molecule has 1 heterocycles. The van der Waals surface area contributed by atoms with Crippen LogP contribution >= 0.6 is 0 Å². The largest absolute Gasteiger partial charge is 0.269 e. The molecule has 152 valence electrons. The first-order valence-electron chi connectivity index (χ1n) is 11.3. The lowest BCUT2D eigenvalue weighted by Crippen LogP contribution is -2.33. The van der Waals surface area contributed by atoms with Crippen LogP contribution in [0, 0.1) is 0 Å². The number of nitrogens with zero attached hydrogens (tertiary/aromatic N) is 1. The van der Waals surface area contributed by atoms with E-state index in [4.69, 9.17) is 0 Å². The van der Waals surface area contributed by atoms with E-state index in [1.54, 1.807) is 0 Å². The maximum absolute atomic E-state index is 12.5. The van der Waals surface area contributed by atoms with Crippen molar-refractivity contribution in [3.8, 4) is 0 Å². The molecule has 0 saturated heterocycles. The number of carbonyl (C=O) groups is 2. The summed E-state index contributed by atoms with van der Waals surface area (Å²) in [4.78, 5) is 26.5. The molecule has 3 rings (SSSR count). The van der Waals surface area contributed by atoms with Crippen molar-refractivity contribution in [2.45, 2.75) is 96.9 Å². The lowest BCUT2D eigenvalue weighted by atomic mass is 9.87. The number of unbranched alkanes of at least 4 members (excludes halogenated alkanes) is 3. The number of amides is 2. The van der Waals surface area contributed by atoms with Crippen molar-refractivity contribution < 1.29 is 9.59 Å². The Morgan fingerprint density at radius 1 is 0.821 bits per heavy atom. The van der Waals surface area contributed by atoms with Crippen LogP contribution in [0.5, 0.6) is 0 Å². The van der Waals surface area contributed by atoms with E-state index in [2.05, 4.69) is 32.9 Å². The Balaban J connectivity index is 2.07. The number of benzene rings is 1. The number of hydrogen-bond donors (Lipinski definition) is 0. The predicted octanol–water partition coefficient (Wildman–Crippen LogP) is 6.02. The summed E-state index contributed by atoms with van der Waals surface area (Å²) in [6, 6.07) is 4.54. The van der Waals surface area contributed by atoms with Crippen LogP contribution in [0.4, 0.5) is 0 Å². The van der Waals surface area contributed by atoms with E-state index in [1.807, 2.05) is 0 Å². The van der Waals surface area contributed by atoms with Crippen molar-refractivity contribution in [1.82, 2.24) is 4.90 Å². The number of hydrogen-bond acceptors (Lipinski definition) is 2. The van der Waals surface area contributed by atoms with E-state index in [-0.39, 0.29) is 17.9 Å². The Labute approximate surface area is 170 Å². The van der Waals surface area contributed by atoms with Gasteiger partial charge in [-0.25, -0.2) is 0 Å². The number of rotatable bonds is 10. The van der Waals surface area contributed by atoms with Crippen LogP contribution in [0.2, 0.25) is 0 Å². The zero-order valence-corrected chi connectivity index (χ0v) is 17.8. The fourth-order valence-electron chi connectivity index (χ4n) is 4.94. The van der Waals surface area contributed by atoms with Gasteiger partial charge in [-0.15, -0.1) is 0 Å². The highest BCUT2D eigenvalue weighted by atomic mass is 16.2. The molecule has 2 atom stereocenters. The smallest absolute Gasteiger partial charge is 0.254 e. The minimum atomic E-state index is -0.141. The van der Waals surface area contributed by atoms with Gasteiger partial charge in [0.05, 0.1) is 6.04 Å². The first kappa shape index (κ1) is 20.8.